The summed E-state index contributed by atoms with van der Waals surface area (Å²) >= 11 is 0. The monoisotopic (exact) mass is 259 g/mol. The number of aromatic nitrogens is 1. The van der Waals surface area contributed by atoms with Crippen molar-refractivity contribution in [2.24, 2.45) is 5.73 Å². The topological polar surface area (TPSA) is 91.1 Å². The molecule has 0 bridgehead atoms. The molecule has 1 heterocycles. The van der Waals surface area contributed by atoms with Crippen LogP contribution in [0.25, 0.3) is 0 Å². The maximum absolute atomic E-state index is 11.8. The summed E-state index contributed by atoms with van der Waals surface area (Å²) in [5, 5.41) is 12.0. The van der Waals surface area contributed by atoms with E-state index in [0.717, 1.165) is 11.1 Å². The maximum atomic E-state index is 11.8. The Hall–Kier alpha value is -2.27. The van der Waals surface area contributed by atoms with Gasteiger partial charge in [0.25, 0.3) is 0 Å². The summed E-state index contributed by atoms with van der Waals surface area (Å²) in [6, 6.07) is 7.98. The number of carbonyl (C=O) groups excluding carboxylic acids is 1. The number of benzene rings is 1. The zero-order valence-corrected chi connectivity index (χ0v) is 10.5. The Morgan fingerprint density at radius 1 is 1.26 bits per heavy atom. The minimum atomic E-state index is -0.594. The minimum absolute atomic E-state index is 0.186. The summed E-state index contributed by atoms with van der Waals surface area (Å²) in [5.41, 5.74) is 7.77. The first-order valence-electron chi connectivity index (χ1n) is 6.08. The number of nitrogens with two attached hydrogens (primary N) is 1. The van der Waals surface area contributed by atoms with Gasteiger partial charge in [-0.15, -0.1) is 0 Å². The first-order valence-corrected chi connectivity index (χ1v) is 6.08. The number of rotatable bonds is 5. The summed E-state index contributed by atoms with van der Waals surface area (Å²) in [6.07, 6.45) is 4.07. The van der Waals surface area contributed by atoms with Crippen molar-refractivity contribution < 1.29 is 9.90 Å². The van der Waals surface area contributed by atoms with E-state index in [4.69, 9.17) is 5.73 Å². The summed E-state index contributed by atoms with van der Waals surface area (Å²) in [4.78, 5) is 14.7. The first kappa shape index (κ1) is 13.2. The van der Waals surface area contributed by atoms with Gasteiger partial charge in [-0.3, -0.25) is 4.79 Å². The second-order valence-corrected chi connectivity index (χ2v) is 4.41. The first-order chi connectivity index (χ1) is 9.15. The van der Waals surface area contributed by atoms with E-state index in [1.54, 1.807) is 30.5 Å². The molecule has 1 amide bonds. The molecule has 100 valence electrons. The third-order valence-corrected chi connectivity index (χ3v) is 2.86. The number of H-pyrrole nitrogens is 1. The third kappa shape index (κ3) is 3.86. The fourth-order valence-electron chi connectivity index (χ4n) is 1.77. The van der Waals surface area contributed by atoms with Crippen LogP contribution in [0, 0.1) is 0 Å². The predicted molar refractivity (Wildman–Crippen MR) is 72.4 cm³/mol. The number of aromatic amines is 1. The molecule has 5 heteroatoms. The molecular formula is C14H17N3O2. The summed E-state index contributed by atoms with van der Waals surface area (Å²) in [5.74, 6) is 0.0171. The second-order valence-electron chi connectivity index (χ2n) is 4.41. The molecule has 0 aliphatic rings. The molecule has 0 aliphatic heterocycles. The molecule has 19 heavy (non-hydrogen) atoms. The number of carbonyl (C=O) groups is 1. The molecule has 5 N–H and O–H groups in total. The van der Waals surface area contributed by atoms with E-state index < -0.39 is 6.04 Å². The number of hydrogen-bond acceptors (Lipinski definition) is 3. The lowest BCUT2D eigenvalue weighted by Crippen LogP contribution is -2.41. The molecule has 0 unspecified atom stereocenters. The van der Waals surface area contributed by atoms with E-state index in [-0.39, 0.29) is 11.7 Å². The van der Waals surface area contributed by atoms with Crippen LogP contribution in [0.3, 0.4) is 0 Å². The molecule has 5 nitrogen and oxygen atoms in total. The summed E-state index contributed by atoms with van der Waals surface area (Å²) in [6.45, 7) is 0.464. The van der Waals surface area contributed by atoms with Crippen molar-refractivity contribution in [3.05, 3.63) is 53.9 Å². The lowest BCUT2D eigenvalue weighted by Gasteiger charge is -2.12. The number of amides is 1. The van der Waals surface area contributed by atoms with Crippen LogP contribution in [0.1, 0.15) is 11.1 Å². The van der Waals surface area contributed by atoms with Crippen LogP contribution in [0.15, 0.2) is 42.7 Å². The Labute approximate surface area is 111 Å². The molecule has 0 spiro atoms. The third-order valence-electron chi connectivity index (χ3n) is 2.86. The van der Waals surface area contributed by atoms with E-state index in [1.807, 2.05) is 12.3 Å². The lowest BCUT2D eigenvalue weighted by molar-refractivity contribution is -0.122. The van der Waals surface area contributed by atoms with Gasteiger partial charge in [-0.05, 0) is 35.7 Å². The highest BCUT2D eigenvalue weighted by atomic mass is 16.3. The highest BCUT2D eigenvalue weighted by Gasteiger charge is 2.13. The van der Waals surface area contributed by atoms with Crippen LogP contribution in [0.5, 0.6) is 5.75 Å². The van der Waals surface area contributed by atoms with Crippen molar-refractivity contribution in [3.63, 3.8) is 0 Å². The minimum Gasteiger partial charge on any atom is -0.508 e. The van der Waals surface area contributed by atoms with Crippen LogP contribution < -0.4 is 11.1 Å². The van der Waals surface area contributed by atoms with Crippen molar-refractivity contribution in [2.45, 2.75) is 19.0 Å². The van der Waals surface area contributed by atoms with Crippen molar-refractivity contribution in [1.82, 2.24) is 10.3 Å². The molecule has 1 aromatic heterocycles. The Kier molecular flexibility index (Phi) is 4.20. The molecule has 0 radical (unpaired) electrons. The average Bonchev–Trinajstić information content (AvgIpc) is 2.91. The number of phenolic OH excluding ortho intramolecular Hbond substituents is 1. The molecule has 0 saturated heterocycles. The number of aromatic hydroxyl groups is 1. The normalized spacial score (nSPS) is 12.1. The van der Waals surface area contributed by atoms with Crippen LogP contribution in [0.4, 0.5) is 0 Å². The maximum Gasteiger partial charge on any atom is 0.237 e. The van der Waals surface area contributed by atoms with E-state index in [9.17, 15) is 9.90 Å². The fraction of sp³-hybridized carbons (Fsp3) is 0.214. The molecule has 2 rings (SSSR count). The Balaban J connectivity index is 1.83. The lowest BCUT2D eigenvalue weighted by atomic mass is 10.1. The molecule has 0 saturated carbocycles. The van der Waals surface area contributed by atoms with Gasteiger partial charge >= 0.3 is 0 Å². The average molecular weight is 259 g/mol. The number of nitrogens with one attached hydrogen (secondary N) is 2. The molecule has 1 aromatic carbocycles. The SMILES string of the molecule is N[C@H](Cc1ccc(O)cc1)C(=O)NCc1cc[nH]c1. The Bertz CT molecular complexity index is 520. The van der Waals surface area contributed by atoms with Gasteiger partial charge < -0.3 is 21.1 Å². The van der Waals surface area contributed by atoms with Crippen LogP contribution in [-0.2, 0) is 17.8 Å². The van der Waals surface area contributed by atoms with Crippen LogP contribution >= 0.6 is 0 Å². The van der Waals surface area contributed by atoms with Crippen LogP contribution in [-0.4, -0.2) is 22.0 Å². The van der Waals surface area contributed by atoms with Crippen molar-refractivity contribution in [1.29, 1.82) is 0 Å². The summed E-state index contributed by atoms with van der Waals surface area (Å²) in [7, 11) is 0. The highest BCUT2D eigenvalue weighted by molar-refractivity contribution is 5.81. The van der Waals surface area contributed by atoms with Gasteiger partial charge in [0.15, 0.2) is 0 Å². The standard InChI is InChI=1S/C14H17N3O2/c15-13(7-10-1-3-12(18)4-2-10)14(19)17-9-11-5-6-16-8-11/h1-6,8,13,16,18H,7,9,15H2,(H,17,19)/t13-/m1/s1. The summed E-state index contributed by atoms with van der Waals surface area (Å²) < 4.78 is 0. The van der Waals surface area contributed by atoms with Gasteiger partial charge in [-0.2, -0.15) is 0 Å². The van der Waals surface area contributed by atoms with Gasteiger partial charge in [0.2, 0.25) is 5.91 Å². The molecule has 0 aliphatic carbocycles. The van der Waals surface area contributed by atoms with Gasteiger partial charge in [0.05, 0.1) is 6.04 Å². The molecule has 1 atom stereocenters. The van der Waals surface area contributed by atoms with E-state index >= 15 is 0 Å². The van der Waals surface area contributed by atoms with E-state index in [2.05, 4.69) is 10.3 Å². The predicted octanol–water partition coefficient (Wildman–Crippen LogP) is 0.906. The number of phenols is 1. The Morgan fingerprint density at radius 3 is 2.63 bits per heavy atom. The molecule has 2 aromatic rings. The van der Waals surface area contributed by atoms with E-state index in [1.165, 1.54) is 0 Å². The quantitative estimate of drug-likeness (QED) is 0.643. The van der Waals surface area contributed by atoms with Gasteiger partial charge in [0.1, 0.15) is 5.75 Å². The van der Waals surface area contributed by atoms with Gasteiger partial charge in [-0.25, -0.2) is 0 Å². The smallest absolute Gasteiger partial charge is 0.237 e. The largest absolute Gasteiger partial charge is 0.508 e. The van der Waals surface area contributed by atoms with E-state index in [0.29, 0.717) is 13.0 Å². The van der Waals surface area contributed by atoms with Crippen molar-refractivity contribution in [2.75, 3.05) is 0 Å². The molecule has 0 fully saturated rings. The van der Waals surface area contributed by atoms with Gasteiger partial charge in [-0.1, -0.05) is 12.1 Å². The molecular weight excluding hydrogens is 242 g/mol. The second kappa shape index (κ2) is 6.06. The zero-order valence-electron chi connectivity index (χ0n) is 10.5. The van der Waals surface area contributed by atoms with Crippen molar-refractivity contribution >= 4 is 5.91 Å². The number of hydrogen-bond donors (Lipinski definition) is 4. The van der Waals surface area contributed by atoms with Crippen LogP contribution in [0.2, 0.25) is 0 Å². The van der Waals surface area contributed by atoms with Crippen molar-refractivity contribution in [3.8, 4) is 5.75 Å². The fourth-order valence-corrected chi connectivity index (χ4v) is 1.77. The zero-order chi connectivity index (χ0) is 13.7. The highest BCUT2D eigenvalue weighted by Crippen LogP contribution is 2.10. The Morgan fingerprint density at radius 2 is 2.00 bits per heavy atom. The van der Waals surface area contributed by atoms with Gasteiger partial charge in [0, 0.05) is 18.9 Å².